The van der Waals surface area contributed by atoms with E-state index >= 15 is 4.39 Å². The smallest absolute Gasteiger partial charge is 0.449 e. The molecule has 2 aromatic heterocycles. The molecule has 1 aliphatic carbocycles. The van der Waals surface area contributed by atoms with Gasteiger partial charge in [-0.3, -0.25) is 9.59 Å². The van der Waals surface area contributed by atoms with Crippen LogP contribution in [0.15, 0.2) is 17.1 Å². The highest BCUT2D eigenvalue weighted by atomic mass is 19.1. The molecule has 1 saturated carbocycles. The number of unbranched alkanes of at least 4 members (excludes halogenated alkanes) is 1. The van der Waals surface area contributed by atoms with Crippen molar-refractivity contribution in [3.05, 3.63) is 28.3 Å². The van der Waals surface area contributed by atoms with Gasteiger partial charge in [-0.05, 0) is 44.7 Å². The molecule has 0 bridgehead atoms. The highest BCUT2D eigenvalue weighted by Gasteiger charge is 2.31. The maximum Gasteiger partial charge on any atom is 0.511 e. The minimum Gasteiger partial charge on any atom is -0.449 e. The van der Waals surface area contributed by atoms with Crippen LogP contribution in [-0.2, 0) is 4.79 Å². The molecule has 2 fully saturated rings. The lowest BCUT2D eigenvalue weighted by Gasteiger charge is -2.21. The van der Waals surface area contributed by atoms with Gasteiger partial charge in [0.05, 0.1) is 17.6 Å². The molecule has 1 saturated heterocycles. The Kier molecular flexibility index (Phi) is 6.98. The van der Waals surface area contributed by atoms with E-state index in [-0.39, 0.29) is 40.6 Å². The van der Waals surface area contributed by atoms with E-state index in [1.54, 1.807) is 9.47 Å². The van der Waals surface area contributed by atoms with E-state index in [1.165, 1.54) is 6.20 Å². The van der Waals surface area contributed by atoms with Crippen LogP contribution in [0.5, 0.6) is 5.75 Å². The molecular formula is C22H29FN6O5. The predicted molar refractivity (Wildman–Crippen MR) is 123 cm³/mol. The number of hydrogen-bond donors (Lipinski definition) is 4. The minimum atomic E-state index is -1.62. The lowest BCUT2D eigenvalue weighted by molar-refractivity contribution is -0.123. The molecule has 2 aromatic rings. The second-order valence-electron chi connectivity index (χ2n) is 8.83. The van der Waals surface area contributed by atoms with Crippen molar-refractivity contribution in [1.82, 2.24) is 14.9 Å². The normalized spacial score (nSPS) is 18.8. The molecule has 34 heavy (non-hydrogen) atoms. The zero-order chi connectivity index (χ0) is 24.4. The van der Waals surface area contributed by atoms with E-state index in [1.807, 2.05) is 0 Å². The first-order valence-electron chi connectivity index (χ1n) is 11.5. The van der Waals surface area contributed by atoms with Gasteiger partial charge in [-0.15, -0.1) is 0 Å². The Morgan fingerprint density at radius 1 is 1.32 bits per heavy atom. The summed E-state index contributed by atoms with van der Waals surface area (Å²) in [7, 11) is 0. The largest absolute Gasteiger partial charge is 0.511 e. The third kappa shape index (κ3) is 5.12. The number of fused-ring (bicyclic) bond motifs is 1. The molecule has 0 spiro atoms. The monoisotopic (exact) mass is 476 g/mol. The molecule has 2 unspecified atom stereocenters. The first-order chi connectivity index (χ1) is 16.3. The number of hydrogen-bond acceptors (Lipinski definition) is 8. The molecule has 12 heteroatoms. The summed E-state index contributed by atoms with van der Waals surface area (Å²) in [6.07, 6.45) is 4.10. The highest BCUT2D eigenvalue weighted by molar-refractivity contribution is 5.82. The number of rotatable bonds is 9. The van der Waals surface area contributed by atoms with Gasteiger partial charge in [0.25, 0.3) is 0 Å². The first-order valence-corrected chi connectivity index (χ1v) is 11.5. The fraction of sp³-hybridized carbons (Fsp3) is 0.545. The van der Waals surface area contributed by atoms with Gasteiger partial charge in [-0.2, -0.15) is 0 Å². The van der Waals surface area contributed by atoms with Crippen LogP contribution < -0.4 is 31.8 Å². The fourth-order valence-corrected chi connectivity index (χ4v) is 4.25. The van der Waals surface area contributed by atoms with Crippen molar-refractivity contribution in [2.75, 3.05) is 24.5 Å². The molecule has 0 radical (unpaired) electrons. The summed E-state index contributed by atoms with van der Waals surface area (Å²) in [5, 5.41) is 11.8. The Morgan fingerprint density at radius 2 is 2.09 bits per heavy atom. The van der Waals surface area contributed by atoms with Gasteiger partial charge in [0.15, 0.2) is 17.4 Å². The van der Waals surface area contributed by atoms with Crippen LogP contribution in [0.1, 0.15) is 44.6 Å². The molecule has 6 N–H and O–H groups in total. The van der Waals surface area contributed by atoms with E-state index in [2.05, 4.69) is 15.0 Å². The number of aromatic nitrogens is 2. The maximum absolute atomic E-state index is 15.1. The third-order valence-corrected chi connectivity index (χ3v) is 6.18. The molecule has 2 aliphatic rings. The van der Waals surface area contributed by atoms with Gasteiger partial charge in [0.1, 0.15) is 5.65 Å². The minimum absolute atomic E-state index is 0.0384. The fourth-order valence-electron chi connectivity index (χ4n) is 4.25. The molecule has 2 atom stereocenters. The van der Waals surface area contributed by atoms with E-state index in [0.29, 0.717) is 32.5 Å². The number of carbonyl (C=O) groups is 2. The van der Waals surface area contributed by atoms with Crippen molar-refractivity contribution < 1.29 is 23.8 Å². The van der Waals surface area contributed by atoms with Gasteiger partial charge in [0.2, 0.25) is 11.3 Å². The lowest BCUT2D eigenvalue weighted by atomic mass is 10.1. The second kappa shape index (κ2) is 9.94. The summed E-state index contributed by atoms with van der Waals surface area (Å²) < 4.78 is 21.3. The first kappa shape index (κ1) is 23.9. The molecule has 11 nitrogen and oxygen atoms in total. The summed E-state index contributed by atoms with van der Waals surface area (Å²) in [6, 6.07) is 0.289. The highest BCUT2D eigenvalue weighted by Crippen LogP contribution is 2.38. The number of nitrogens with two attached hydrogens (primary N) is 2. The van der Waals surface area contributed by atoms with Crippen molar-refractivity contribution in [3.8, 4) is 5.75 Å². The summed E-state index contributed by atoms with van der Waals surface area (Å²) in [5.74, 6) is -1.25. The lowest BCUT2D eigenvalue weighted by Crippen LogP contribution is -2.46. The Labute approximate surface area is 194 Å². The van der Waals surface area contributed by atoms with Gasteiger partial charge in [0, 0.05) is 25.2 Å². The van der Waals surface area contributed by atoms with Gasteiger partial charge >= 0.3 is 6.16 Å². The average molecular weight is 477 g/mol. The van der Waals surface area contributed by atoms with Crippen LogP contribution in [0.25, 0.3) is 11.0 Å². The topological polar surface area (TPSA) is 166 Å². The zero-order valence-electron chi connectivity index (χ0n) is 18.7. The number of nitrogens with zero attached hydrogens (tertiary/aromatic N) is 3. The van der Waals surface area contributed by atoms with Crippen LogP contribution >= 0.6 is 0 Å². The van der Waals surface area contributed by atoms with E-state index in [4.69, 9.17) is 16.6 Å². The van der Waals surface area contributed by atoms with Crippen molar-refractivity contribution in [3.63, 3.8) is 0 Å². The predicted octanol–water partition coefficient (Wildman–Crippen LogP) is 1.08. The van der Waals surface area contributed by atoms with E-state index < -0.39 is 23.4 Å². The van der Waals surface area contributed by atoms with Crippen molar-refractivity contribution in [1.29, 1.82) is 0 Å². The van der Waals surface area contributed by atoms with E-state index in [9.17, 15) is 14.4 Å². The van der Waals surface area contributed by atoms with Crippen LogP contribution in [0, 0.1) is 5.82 Å². The Hall–Kier alpha value is -3.25. The van der Waals surface area contributed by atoms with Gasteiger partial charge in [-0.25, -0.2) is 14.2 Å². The summed E-state index contributed by atoms with van der Waals surface area (Å²) in [4.78, 5) is 42.2. The van der Waals surface area contributed by atoms with Crippen molar-refractivity contribution >= 4 is 28.9 Å². The van der Waals surface area contributed by atoms with Gasteiger partial charge < -0.3 is 36.1 Å². The number of carboxylic acid groups (broad SMARTS) is 1. The SMILES string of the molecule is NCCCCC(N)C(=O)NC1CCN(c2nc3c(cc2F)c(=O)c(OC(=O)O)cn3C2CC2)C1. The number of pyridine rings is 2. The third-order valence-electron chi connectivity index (χ3n) is 6.18. The van der Waals surface area contributed by atoms with Crippen LogP contribution in [0.4, 0.5) is 15.0 Å². The Morgan fingerprint density at radius 3 is 2.76 bits per heavy atom. The molecule has 0 aromatic carbocycles. The summed E-state index contributed by atoms with van der Waals surface area (Å²) >= 11 is 0. The zero-order valence-corrected chi connectivity index (χ0v) is 18.7. The quantitative estimate of drug-likeness (QED) is 0.306. The average Bonchev–Trinajstić information content (AvgIpc) is 3.54. The number of amides is 1. The summed E-state index contributed by atoms with van der Waals surface area (Å²) in [5.41, 5.74) is 11.0. The molecule has 1 aliphatic heterocycles. The van der Waals surface area contributed by atoms with Crippen LogP contribution in [0.2, 0.25) is 0 Å². The Balaban J connectivity index is 1.54. The van der Waals surface area contributed by atoms with Crippen LogP contribution in [-0.4, -0.2) is 58.4 Å². The molecule has 1 amide bonds. The second-order valence-corrected chi connectivity index (χ2v) is 8.83. The number of ether oxygens (including phenoxy) is 1. The molecular weight excluding hydrogens is 447 g/mol. The molecule has 184 valence electrons. The van der Waals surface area contributed by atoms with E-state index in [0.717, 1.165) is 31.7 Å². The van der Waals surface area contributed by atoms with Crippen LogP contribution in [0.3, 0.4) is 0 Å². The summed E-state index contributed by atoms with van der Waals surface area (Å²) in [6.45, 7) is 1.37. The number of halogens is 1. The van der Waals surface area contributed by atoms with Gasteiger partial charge in [-0.1, -0.05) is 6.42 Å². The Bertz CT molecular complexity index is 1150. The maximum atomic E-state index is 15.1. The van der Waals surface area contributed by atoms with Crippen molar-refractivity contribution in [2.45, 2.75) is 56.7 Å². The number of anilines is 1. The molecule has 4 rings (SSSR count). The standard InChI is InChI=1S/C22H29FN6O5/c23-15-9-14-18(30)17(34-22(32)33)11-29(13-4-5-13)19(14)27-20(15)28-8-6-12(10-28)26-21(31)16(25)3-1-2-7-24/h9,11-13,16H,1-8,10,24-25H2,(H,26,31)(H,32,33). The molecule has 3 heterocycles. The number of carbonyl (C=O) groups excluding carboxylic acids is 1. The number of nitrogens with one attached hydrogen (secondary N) is 1. The van der Waals surface area contributed by atoms with Crippen molar-refractivity contribution in [2.24, 2.45) is 11.5 Å².